The van der Waals surface area contributed by atoms with Gasteiger partial charge < -0.3 is 24.8 Å². The Labute approximate surface area is 235 Å². The van der Waals surface area contributed by atoms with Crippen LogP contribution in [0.3, 0.4) is 0 Å². The monoisotopic (exact) mass is 625 g/mol. The molecule has 0 unspecified atom stereocenters. The first-order valence-electron chi connectivity index (χ1n) is 11.8. The second-order valence-corrected chi connectivity index (χ2v) is 9.36. The lowest BCUT2D eigenvalue weighted by Gasteiger charge is -2.15. The van der Waals surface area contributed by atoms with Crippen molar-refractivity contribution >= 4 is 51.9 Å². The molecule has 0 spiro atoms. The highest BCUT2D eigenvalue weighted by molar-refractivity contribution is 14.1. The van der Waals surface area contributed by atoms with Crippen molar-refractivity contribution < 1.29 is 23.8 Å². The normalized spacial score (nSPS) is 10.8. The van der Waals surface area contributed by atoms with E-state index in [1.54, 1.807) is 43.5 Å². The van der Waals surface area contributed by atoms with Crippen molar-refractivity contribution in [3.8, 4) is 23.3 Å². The number of anilines is 2. The predicted octanol–water partition coefficient (Wildman–Crippen LogP) is 5.88. The van der Waals surface area contributed by atoms with Crippen LogP contribution < -0.4 is 24.8 Å². The number of ether oxygens (including phenoxy) is 3. The number of benzene rings is 3. The summed E-state index contributed by atoms with van der Waals surface area (Å²) in [5.41, 5.74) is 3.83. The number of nitrogens with one attached hydrogen (secondary N) is 2. The molecule has 3 aromatic carbocycles. The highest BCUT2D eigenvalue weighted by Crippen LogP contribution is 2.35. The number of carbonyl (C=O) groups excluding carboxylic acids is 2. The molecule has 3 rings (SSSR count). The van der Waals surface area contributed by atoms with Crippen molar-refractivity contribution in [2.45, 2.75) is 20.8 Å². The molecule has 0 fully saturated rings. The largest absolute Gasteiger partial charge is 0.497 e. The molecule has 0 aromatic heterocycles. The van der Waals surface area contributed by atoms with Gasteiger partial charge in [-0.15, -0.1) is 0 Å². The lowest BCUT2D eigenvalue weighted by atomic mass is 10.1. The van der Waals surface area contributed by atoms with E-state index in [2.05, 4.69) is 33.2 Å². The first-order valence-corrected chi connectivity index (χ1v) is 12.9. The first kappa shape index (κ1) is 28.5. The molecule has 3 aromatic rings. The van der Waals surface area contributed by atoms with Gasteiger partial charge in [0.25, 0.3) is 11.8 Å². The number of hydrogen-bond acceptors (Lipinski definition) is 6. The van der Waals surface area contributed by atoms with E-state index in [0.29, 0.717) is 38.7 Å². The van der Waals surface area contributed by atoms with Gasteiger partial charge in [-0.1, -0.05) is 12.1 Å². The molecule has 0 aliphatic rings. The van der Waals surface area contributed by atoms with Gasteiger partial charge in [-0.05, 0) is 109 Å². The van der Waals surface area contributed by atoms with Gasteiger partial charge in [-0.25, -0.2) is 0 Å². The summed E-state index contributed by atoms with van der Waals surface area (Å²) in [5, 5.41) is 15.2. The molecule has 2 amide bonds. The number of rotatable bonds is 10. The molecule has 0 heterocycles. The summed E-state index contributed by atoms with van der Waals surface area (Å²) in [6.45, 7) is 5.90. The number of carbonyl (C=O) groups is 2. The summed E-state index contributed by atoms with van der Waals surface area (Å²) < 4.78 is 17.4. The van der Waals surface area contributed by atoms with Crippen LogP contribution in [0.5, 0.6) is 17.2 Å². The van der Waals surface area contributed by atoms with Gasteiger partial charge in [0.1, 0.15) is 17.4 Å². The van der Waals surface area contributed by atoms with Crippen molar-refractivity contribution in [3.63, 3.8) is 0 Å². The highest BCUT2D eigenvalue weighted by atomic mass is 127. The Morgan fingerprint density at radius 2 is 1.79 bits per heavy atom. The summed E-state index contributed by atoms with van der Waals surface area (Å²) in [6, 6.07) is 17.9. The van der Waals surface area contributed by atoms with Crippen LogP contribution in [0, 0.1) is 28.7 Å². The van der Waals surface area contributed by atoms with Crippen LogP contribution in [0.2, 0.25) is 0 Å². The molecule has 0 aliphatic heterocycles. The van der Waals surface area contributed by atoms with Crippen LogP contribution in [-0.4, -0.2) is 32.1 Å². The smallest absolute Gasteiger partial charge is 0.266 e. The number of aryl methyl sites for hydroxylation is 1. The standard InChI is InChI=1S/C29H28IN3O5/c1-5-37-26-15-20(13-21(16-31)29(35)32-22-9-11-23(36-4)12-10-22)14-24(30)28(26)38-17-27(34)33-25-8-6-7-18(2)19(25)3/h6-15H,5,17H2,1-4H3,(H,32,35)(H,33,34)/b21-13-. The zero-order chi connectivity index (χ0) is 27.7. The molecule has 2 N–H and O–H groups in total. The van der Waals surface area contributed by atoms with Crippen LogP contribution in [0.1, 0.15) is 23.6 Å². The zero-order valence-electron chi connectivity index (χ0n) is 21.6. The van der Waals surface area contributed by atoms with E-state index in [4.69, 9.17) is 14.2 Å². The Balaban J connectivity index is 1.76. The number of nitrogens with zero attached hydrogens (tertiary/aromatic N) is 1. The third kappa shape index (κ3) is 7.49. The van der Waals surface area contributed by atoms with Gasteiger partial charge in [-0.2, -0.15) is 5.26 Å². The maximum atomic E-state index is 12.7. The second kappa shape index (κ2) is 13.5. The fraction of sp³-hybridized carbons (Fsp3) is 0.207. The Morgan fingerprint density at radius 1 is 1.05 bits per heavy atom. The average molecular weight is 625 g/mol. The van der Waals surface area contributed by atoms with Crippen molar-refractivity contribution in [1.29, 1.82) is 5.26 Å². The molecule has 0 saturated heterocycles. The second-order valence-electron chi connectivity index (χ2n) is 8.20. The topological polar surface area (TPSA) is 110 Å². The molecule has 0 bridgehead atoms. The first-order chi connectivity index (χ1) is 18.2. The van der Waals surface area contributed by atoms with E-state index in [-0.39, 0.29) is 18.1 Å². The number of methoxy groups -OCH3 is 1. The summed E-state index contributed by atoms with van der Waals surface area (Å²) in [7, 11) is 1.55. The highest BCUT2D eigenvalue weighted by Gasteiger charge is 2.16. The van der Waals surface area contributed by atoms with E-state index >= 15 is 0 Å². The zero-order valence-corrected chi connectivity index (χ0v) is 23.7. The van der Waals surface area contributed by atoms with E-state index in [1.165, 1.54) is 6.08 Å². The third-order valence-electron chi connectivity index (χ3n) is 5.58. The van der Waals surface area contributed by atoms with Crippen LogP contribution in [0.25, 0.3) is 6.08 Å². The molecular weight excluding hydrogens is 597 g/mol. The Kier molecular flexibility index (Phi) is 10.1. The third-order valence-corrected chi connectivity index (χ3v) is 6.38. The van der Waals surface area contributed by atoms with Crippen LogP contribution in [-0.2, 0) is 9.59 Å². The van der Waals surface area contributed by atoms with E-state index in [0.717, 1.165) is 16.8 Å². The van der Waals surface area contributed by atoms with E-state index in [9.17, 15) is 14.9 Å². The van der Waals surface area contributed by atoms with Crippen LogP contribution >= 0.6 is 22.6 Å². The van der Waals surface area contributed by atoms with E-state index < -0.39 is 5.91 Å². The minimum absolute atomic E-state index is 0.0827. The van der Waals surface area contributed by atoms with Gasteiger partial charge in [-0.3, -0.25) is 9.59 Å². The lowest BCUT2D eigenvalue weighted by molar-refractivity contribution is -0.118. The Morgan fingerprint density at radius 3 is 2.45 bits per heavy atom. The van der Waals surface area contributed by atoms with Crippen molar-refractivity contribution in [1.82, 2.24) is 0 Å². The fourth-order valence-electron chi connectivity index (χ4n) is 3.47. The minimum atomic E-state index is -0.547. The number of nitriles is 1. The van der Waals surface area contributed by atoms with Gasteiger partial charge in [0, 0.05) is 11.4 Å². The van der Waals surface area contributed by atoms with Crippen LogP contribution in [0.4, 0.5) is 11.4 Å². The van der Waals surface area contributed by atoms with Gasteiger partial charge in [0.2, 0.25) is 0 Å². The Hall–Kier alpha value is -4.04. The van der Waals surface area contributed by atoms with E-state index in [1.807, 2.05) is 45.0 Å². The fourth-order valence-corrected chi connectivity index (χ4v) is 4.25. The molecule has 38 heavy (non-hydrogen) atoms. The van der Waals surface area contributed by atoms with Gasteiger partial charge in [0.15, 0.2) is 18.1 Å². The molecule has 0 radical (unpaired) electrons. The average Bonchev–Trinajstić information content (AvgIpc) is 2.90. The predicted molar refractivity (Wildman–Crippen MR) is 156 cm³/mol. The molecule has 8 nitrogen and oxygen atoms in total. The van der Waals surface area contributed by atoms with Crippen molar-refractivity contribution in [3.05, 3.63) is 80.4 Å². The molecule has 196 valence electrons. The number of hydrogen-bond donors (Lipinski definition) is 2. The minimum Gasteiger partial charge on any atom is -0.497 e. The quantitative estimate of drug-likeness (QED) is 0.166. The molecule has 9 heteroatoms. The maximum Gasteiger partial charge on any atom is 0.266 e. The van der Waals surface area contributed by atoms with Gasteiger partial charge >= 0.3 is 0 Å². The summed E-state index contributed by atoms with van der Waals surface area (Å²) >= 11 is 2.07. The summed E-state index contributed by atoms with van der Waals surface area (Å²) in [5.74, 6) is 0.610. The summed E-state index contributed by atoms with van der Waals surface area (Å²) in [6.07, 6.45) is 1.47. The molecule has 0 atom stereocenters. The van der Waals surface area contributed by atoms with Gasteiger partial charge in [0.05, 0.1) is 17.3 Å². The summed E-state index contributed by atoms with van der Waals surface area (Å²) in [4.78, 5) is 25.3. The number of halogens is 1. The Bertz CT molecular complexity index is 1390. The molecule has 0 aliphatic carbocycles. The molecular formula is C29H28IN3O5. The SMILES string of the molecule is CCOc1cc(/C=C(/C#N)C(=O)Nc2ccc(OC)cc2)cc(I)c1OCC(=O)Nc1cccc(C)c1C. The lowest BCUT2D eigenvalue weighted by Crippen LogP contribution is -2.21. The molecule has 0 saturated carbocycles. The van der Waals surface area contributed by atoms with Crippen LogP contribution in [0.15, 0.2) is 60.2 Å². The van der Waals surface area contributed by atoms with Crippen molar-refractivity contribution in [2.24, 2.45) is 0 Å². The maximum absolute atomic E-state index is 12.7. The van der Waals surface area contributed by atoms with Crippen molar-refractivity contribution in [2.75, 3.05) is 31.0 Å². The number of amides is 2.